The van der Waals surface area contributed by atoms with Gasteiger partial charge in [0.2, 0.25) is 11.0 Å². The van der Waals surface area contributed by atoms with E-state index in [1.165, 1.54) is 0 Å². The van der Waals surface area contributed by atoms with Crippen LogP contribution >= 0.6 is 12.2 Å². The van der Waals surface area contributed by atoms with Gasteiger partial charge in [-0.3, -0.25) is 0 Å². The molecule has 3 rings (SSSR count). The second-order valence-corrected chi connectivity index (χ2v) is 5.78. The number of hydrogen-bond acceptors (Lipinski definition) is 4. The fraction of sp³-hybridized carbons (Fsp3) is 0.400. The molecule has 0 amide bonds. The van der Waals surface area contributed by atoms with Crippen LogP contribution in [0.4, 0.5) is 5.69 Å². The number of ether oxygens (including phenoxy) is 1. The van der Waals surface area contributed by atoms with Crippen LogP contribution in [-0.4, -0.2) is 34.5 Å². The minimum absolute atomic E-state index is 0.00808. The van der Waals surface area contributed by atoms with E-state index in [1.54, 1.807) is 0 Å². The van der Waals surface area contributed by atoms with Crippen molar-refractivity contribution in [3.63, 3.8) is 0 Å². The maximum absolute atomic E-state index is 9.95. The number of hydrogen-bond donors (Lipinski definition) is 3. The van der Waals surface area contributed by atoms with Gasteiger partial charge in [0.05, 0.1) is 11.6 Å². The summed E-state index contributed by atoms with van der Waals surface area (Å²) in [5.41, 5.74) is 2.30. The van der Waals surface area contributed by atoms with Crippen LogP contribution in [-0.2, 0) is 4.74 Å². The molecular formula is C15H18N4O2S. The normalized spacial score (nSPS) is 18.3. The third-order valence-corrected chi connectivity index (χ3v) is 3.88. The molecule has 1 saturated heterocycles. The summed E-state index contributed by atoms with van der Waals surface area (Å²) in [6.07, 6.45) is 2.32. The number of aromatic nitrogens is 1. The number of nitrogens with one attached hydrogen (secondary N) is 2. The molecule has 0 spiro atoms. The van der Waals surface area contributed by atoms with Gasteiger partial charge in [-0.05, 0) is 44.1 Å². The number of thiocarbonyl (C=S) groups is 1. The minimum Gasteiger partial charge on any atom is -0.493 e. The standard InChI is InChI=1S/C15H18N4O2S/c1-9-4-5-12-11(7-9)13(14(20)17-12)18-19-15(22)16-8-10-3-2-6-21-10/h4-5,7,10,17,20H,2-3,6,8H2,1H3,(H,16,22)/t10-/m0/s1. The first-order valence-electron chi connectivity index (χ1n) is 7.26. The lowest BCUT2D eigenvalue weighted by molar-refractivity contribution is 0.114. The average Bonchev–Trinajstić information content (AvgIpc) is 3.10. The Morgan fingerprint density at radius 1 is 1.55 bits per heavy atom. The number of benzene rings is 1. The molecule has 1 atom stereocenters. The highest BCUT2D eigenvalue weighted by Crippen LogP contribution is 2.35. The molecule has 1 aliphatic heterocycles. The van der Waals surface area contributed by atoms with Gasteiger partial charge in [0.15, 0.2) is 5.69 Å². The average molecular weight is 318 g/mol. The van der Waals surface area contributed by atoms with Gasteiger partial charge in [0.25, 0.3) is 0 Å². The highest BCUT2D eigenvalue weighted by molar-refractivity contribution is 7.80. The Kier molecular flexibility index (Phi) is 4.35. The third-order valence-electron chi connectivity index (χ3n) is 3.65. The molecule has 0 unspecified atom stereocenters. The summed E-state index contributed by atoms with van der Waals surface area (Å²) in [5, 5.41) is 22.1. The molecule has 1 aliphatic rings. The molecule has 3 N–H and O–H groups in total. The smallest absolute Gasteiger partial charge is 0.218 e. The number of azo groups is 1. The zero-order valence-corrected chi connectivity index (χ0v) is 13.1. The molecule has 0 saturated carbocycles. The van der Waals surface area contributed by atoms with Crippen molar-refractivity contribution in [2.24, 2.45) is 10.2 Å². The lowest BCUT2D eigenvalue weighted by Crippen LogP contribution is -2.29. The first-order valence-corrected chi connectivity index (χ1v) is 7.67. The molecule has 1 aromatic heterocycles. The van der Waals surface area contributed by atoms with E-state index >= 15 is 0 Å². The van der Waals surface area contributed by atoms with Crippen molar-refractivity contribution in [1.29, 1.82) is 0 Å². The highest BCUT2D eigenvalue weighted by atomic mass is 32.1. The largest absolute Gasteiger partial charge is 0.493 e. The summed E-state index contributed by atoms with van der Waals surface area (Å²) >= 11 is 5.13. The number of aromatic hydroxyl groups is 1. The predicted molar refractivity (Wildman–Crippen MR) is 88.8 cm³/mol. The van der Waals surface area contributed by atoms with Gasteiger partial charge in [-0.2, -0.15) is 0 Å². The van der Waals surface area contributed by atoms with Gasteiger partial charge >= 0.3 is 0 Å². The Morgan fingerprint density at radius 3 is 3.18 bits per heavy atom. The molecule has 1 aromatic carbocycles. The number of nitrogens with zero attached hydrogens (tertiary/aromatic N) is 2. The highest BCUT2D eigenvalue weighted by Gasteiger charge is 2.15. The van der Waals surface area contributed by atoms with E-state index in [1.807, 2.05) is 25.1 Å². The Morgan fingerprint density at radius 2 is 2.41 bits per heavy atom. The number of aryl methyl sites for hydroxylation is 1. The van der Waals surface area contributed by atoms with Gasteiger partial charge in [0, 0.05) is 18.5 Å². The van der Waals surface area contributed by atoms with Crippen molar-refractivity contribution >= 4 is 33.9 Å². The van der Waals surface area contributed by atoms with E-state index in [-0.39, 0.29) is 17.1 Å². The minimum atomic E-state index is -0.00808. The monoisotopic (exact) mass is 318 g/mol. The Balaban J connectivity index is 1.70. The number of rotatable bonds is 3. The summed E-state index contributed by atoms with van der Waals surface area (Å²) in [6, 6.07) is 5.81. The lowest BCUT2D eigenvalue weighted by atomic mass is 10.2. The fourth-order valence-electron chi connectivity index (χ4n) is 2.52. The van der Waals surface area contributed by atoms with E-state index in [2.05, 4.69) is 20.5 Å². The number of H-pyrrole nitrogens is 1. The van der Waals surface area contributed by atoms with Crippen LogP contribution in [0.25, 0.3) is 10.9 Å². The zero-order chi connectivity index (χ0) is 15.5. The van der Waals surface area contributed by atoms with Gasteiger partial charge in [-0.15, -0.1) is 10.2 Å². The summed E-state index contributed by atoms with van der Waals surface area (Å²) in [6.45, 7) is 3.43. The Hall–Kier alpha value is -1.99. The van der Waals surface area contributed by atoms with Gasteiger partial charge in [-0.1, -0.05) is 11.6 Å². The van der Waals surface area contributed by atoms with E-state index < -0.39 is 0 Å². The molecule has 0 radical (unpaired) electrons. The predicted octanol–water partition coefficient (Wildman–Crippen LogP) is 3.32. The van der Waals surface area contributed by atoms with Crippen LogP contribution in [0.5, 0.6) is 5.88 Å². The van der Waals surface area contributed by atoms with Gasteiger partial charge in [-0.25, -0.2) is 0 Å². The molecule has 116 valence electrons. The van der Waals surface area contributed by atoms with Crippen molar-refractivity contribution in [2.75, 3.05) is 13.2 Å². The maximum Gasteiger partial charge on any atom is 0.218 e. The molecule has 6 nitrogen and oxygen atoms in total. The Bertz CT molecular complexity index is 720. The molecule has 0 aliphatic carbocycles. The number of fused-ring (bicyclic) bond motifs is 1. The zero-order valence-electron chi connectivity index (χ0n) is 12.3. The van der Waals surface area contributed by atoms with Crippen LogP contribution < -0.4 is 5.32 Å². The van der Waals surface area contributed by atoms with Crippen LogP contribution in [0.1, 0.15) is 18.4 Å². The van der Waals surface area contributed by atoms with Gasteiger partial charge in [0.1, 0.15) is 0 Å². The number of aromatic amines is 1. The van der Waals surface area contributed by atoms with E-state index in [4.69, 9.17) is 17.0 Å². The molecule has 1 fully saturated rings. The van der Waals surface area contributed by atoms with E-state index in [9.17, 15) is 5.11 Å². The second-order valence-electron chi connectivity index (χ2n) is 5.39. The quantitative estimate of drug-likeness (QED) is 0.599. The van der Waals surface area contributed by atoms with Crippen molar-refractivity contribution in [3.8, 4) is 5.88 Å². The first-order chi connectivity index (χ1) is 10.6. The van der Waals surface area contributed by atoms with Crippen LogP contribution in [0.2, 0.25) is 0 Å². The van der Waals surface area contributed by atoms with Crippen LogP contribution in [0, 0.1) is 6.92 Å². The van der Waals surface area contributed by atoms with Crippen molar-refractivity contribution in [1.82, 2.24) is 10.3 Å². The molecule has 7 heteroatoms. The van der Waals surface area contributed by atoms with Crippen molar-refractivity contribution in [3.05, 3.63) is 23.8 Å². The molecule has 2 heterocycles. The van der Waals surface area contributed by atoms with E-state index in [0.717, 1.165) is 35.9 Å². The first kappa shape index (κ1) is 14.9. The second kappa shape index (κ2) is 6.41. The summed E-state index contributed by atoms with van der Waals surface area (Å²) in [4.78, 5) is 2.87. The fourth-order valence-corrected chi connectivity index (χ4v) is 2.64. The lowest BCUT2D eigenvalue weighted by Gasteiger charge is -2.09. The summed E-state index contributed by atoms with van der Waals surface area (Å²) < 4.78 is 5.50. The molecule has 0 bridgehead atoms. The molecular weight excluding hydrogens is 300 g/mol. The van der Waals surface area contributed by atoms with Gasteiger partial charge < -0.3 is 20.1 Å². The van der Waals surface area contributed by atoms with E-state index in [0.29, 0.717) is 12.2 Å². The summed E-state index contributed by atoms with van der Waals surface area (Å²) in [7, 11) is 0. The van der Waals surface area contributed by atoms with Crippen LogP contribution in [0.3, 0.4) is 0 Å². The maximum atomic E-state index is 9.95. The molecule has 22 heavy (non-hydrogen) atoms. The SMILES string of the molecule is Cc1ccc2[nH]c(O)c(N=NC(=S)NC[C@@H]3CCCO3)c2c1. The van der Waals surface area contributed by atoms with Crippen LogP contribution in [0.15, 0.2) is 28.4 Å². The molecule has 2 aromatic rings. The third kappa shape index (κ3) is 3.26. The topological polar surface area (TPSA) is 82.0 Å². The van der Waals surface area contributed by atoms with Crippen molar-refractivity contribution < 1.29 is 9.84 Å². The van der Waals surface area contributed by atoms with Crippen molar-refractivity contribution in [2.45, 2.75) is 25.9 Å². The summed E-state index contributed by atoms with van der Waals surface area (Å²) in [5.74, 6) is -0.00808. The Labute approximate surface area is 133 Å².